The number of benzene rings is 1. The first-order valence-corrected chi connectivity index (χ1v) is 7.40. The zero-order valence-corrected chi connectivity index (χ0v) is 12.7. The Morgan fingerprint density at radius 1 is 1.22 bits per heavy atom. The largest absolute Gasteiger partial charge is 0.449 e. The highest BCUT2D eigenvalue weighted by atomic mass is 19.4. The van der Waals surface area contributed by atoms with Crippen LogP contribution in [0.1, 0.15) is 37.8 Å². The van der Waals surface area contributed by atoms with E-state index in [0.29, 0.717) is 12.8 Å². The van der Waals surface area contributed by atoms with Crippen molar-refractivity contribution in [3.05, 3.63) is 35.9 Å². The molecule has 7 heteroatoms. The minimum absolute atomic E-state index is 0.236. The molecule has 0 spiro atoms. The SMILES string of the molecule is CC1CCCC(c2ccccc2)N1C(=O)C(=O)OCC(F)(F)F. The van der Waals surface area contributed by atoms with Crippen molar-refractivity contribution in [2.45, 2.75) is 44.4 Å². The van der Waals surface area contributed by atoms with Gasteiger partial charge < -0.3 is 9.64 Å². The van der Waals surface area contributed by atoms with Crippen LogP contribution in [-0.4, -0.2) is 35.6 Å². The standard InChI is InChI=1S/C16H18F3NO3/c1-11-6-5-9-13(12-7-3-2-4-8-12)20(11)14(21)15(22)23-10-16(17,18)19/h2-4,7-8,11,13H,5-6,9-10H2,1H3. The smallest absolute Gasteiger partial charge is 0.422 e. The predicted octanol–water partition coefficient (Wildman–Crippen LogP) is 3.23. The quantitative estimate of drug-likeness (QED) is 0.618. The van der Waals surface area contributed by atoms with Gasteiger partial charge in [-0.3, -0.25) is 4.79 Å². The lowest BCUT2D eigenvalue weighted by Gasteiger charge is -2.40. The van der Waals surface area contributed by atoms with E-state index in [1.165, 1.54) is 4.90 Å². The molecule has 0 radical (unpaired) electrons. The van der Waals surface area contributed by atoms with Gasteiger partial charge >= 0.3 is 18.1 Å². The maximum Gasteiger partial charge on any atom is 0.422 e. The molecule has 4 nitrogen and oxygen atoms in total. The summed E-state index contributed by atoms with van der Waals surface area (Å²) in [6.45, 7) is 0.0276. The first kappa shape index (κ1) is 17.3. The van der Waals surface area contributed by atoms with Gasteiger partial charge in [0.15, 0.2) is 6.61 Å². The van der Waals surface area contributed by atoms with Crippen LogP contribution in [0.5, 0.6) is 0 Å². The molecule has 0 N–H and O–H groups in total. The molecule has 23 heavy (non-hydrogen) atoms. The van der Waals surface area contributed by atoms with Crippen molar-refractivity contribution in [1.29, 1.82) is 0 Å². The second kappa shape index (κ2) is 7.02. The number of piperidine rings is 1. The van der Waals surface area contributed by atoms with Crippen LogP contribution in [0, 0.1) is 0 Å². The number of hydrogen-bond acceptors (Lipinski definition) is 3. The van der Waals surface area contributed by atoms with Crippen molar-refractivity contribution < 1.29 is 27.5 Å². The van der Waals surface area contributed by atoms with Gasteiger partial charge in [0.25, 0.3) is 0 Å². The average molecular weight is 329 g/mol. The first-order valence-electron chi connectivity index (χ1n) is 7.40. The number of amides is 1. The van der Waals surface area contributed by atoms with E-state index < -0.39 is 24.7 Å². The second-order valence-corrected chi connectivity index (χ2v) is 5.61. The molecule has 1 saturated heterocycles. The molecule has 0 bridgehead atoms. The molecule has 0 aliphatic carbocycles. The summed E-state index contributed by atoms with van der Waals surface area (Å²) in [6, 6.07) is 8.58. The highest BCUT2D eigenvalue weighted by Crippen LogP contribution is 2.34. The number of ether oxygens (including phenoxy) is 1. The fourth-order valence-corrected chi connectivity index (χ4v) is 2.85. The van der Waals surface area contributed by atoms with Crippen LogP contribution in [0.4, 0.5) is 13.2 Å². The van der Waals surface area contributed by atoms with E-state index in [-0.39, 0.29) is 12.1 Å². The summed E-state index contributed by atoms with van der Waals surface area (Å²) in [5.74, 6) is -2.48. The summed E-state index contributed by atoms with van der Waals surface area (Å²) in [6.07, 6.45) is -2.42. The van der Waals surface area contributed by atoms with Crippen LogP contribution in [0.3, 0.4) is 0 Å². The Hall–Kier alpha value is -2.05. The molecule has 1 aliphatic rings. The number of carbonyl (C=O) groups excluding carboxylic acids is 2. The van der Waals surface area contributed by atoms with Crippen molar-refractivity contribution in [1.82, 2.24) is 4.90 Å². The van der Waals surface area contributed by atoms with E-state index in [1.807, 2.05) is 30.3 Å². The van der Waals surface area contributed by atoms with Crippen LogP contribution in [0.25, 0.3) is 0 Å². The number of carbonyl (C=O) groups is 2. The third kappa shape index (κ3) is 4.46. The molecule has 1 aromatic carbocycles. The lowest BCUT2D eigenvalue weighted by atomic mass is 9.91. The molecule has 1 fully saturated rings. The third-order valence-corrected chi connectivity index (χ3v) is 3.87. The van der Waals surface area contributed by atoms with Crippen molar-refractivity contribution in [3.63, 3.8) is 0 Å². The van der Waals surface area contributed by atoms with Gasteiger partial charge in [-0.25, -0.2) is 4.79 Å². The van der Waals surface area contributed by atoms with Crippen LogP contribution in [0.15, 0.2) is 30.3 Å². The molecule has 1 heterocycles. The summed E-state index contributed by atoms with van der Waals surface area (Å²) in [5.41, 5.74) is 0.857. The Kier molecular flexibility index (Phi) is 5.28. The molecule has 1 amide bonds. The van der Waals surface area contributed by atoms with E-state index in [1.54, 1.807) is 6.92 Å². The lowest BCUT2D eigenvalue weighted by molar-refractivity contribution is -0.190. The van der Waals surface area contributed by atoms with Crippen LogP contribution in [-0.2, 0) is 14.3 Å². The van der Waals surface area contributed by atoms with Crippen LogP contribution in [0.2, 0.25) is 0 Å². The minimum atomic E-state index is -4.65. The number of hydrogen-bond donors (Lipinski definition) is 0. The lowest BCUT2D eigenvalue weighted by Crippen LogP contribution is -2.48. The molecular weight excluding hydrogens is 311 g/mol. The van der Waals surface area contributed by atoms with Crippen molar-refractivity contribution in [2.24, 2.45) is 0 Å². The maximum absolute atomic E-state index is 12.3. The maximum atomic E-state index is 12.3. The number of rotatable bonds is 2. The van der Waals surface area contributed by atoms with Gasteiger partial charge in [0.1, 0.15) is 0 Å². The number of halogens is 3. The second-order valence-electron chi connectivity index (χ2n) is 5.61. The molecular formula is C16H18F3NO3. The fourth-order valence-electron chi connectivity index (χ4n) is 2.85. The topological polar surface area (TPSA) is 46.6 Å². The van der Waals surface area contributed by atoms with Crippen molar-refractivity contribution in [2.75, 3.05) is 6.61 Å². The molecule has 1 aliphatic heterocycles. The van der Waals surface area contributed by atoms with Gasteiger partial charge in [0, 0.05) is 6.04 Å². The Balaban J connectivity index is 2.15. The van der Waals surface area contributed by atoms with Crippen LogP contribution >= 0.6 is 0 Å². The van der Waals surface area contributed by atoms with Crippen molar-refractivity contribution in [3.8, 4) is 0 Å². The van der Waals surface area contributed by atoms with Gasteiger partial charge in [0.05, 0.1) is 6.04 Å². The zero-order chi connectivity index (χ0) is 17.0. The summed E-state index contributed by atoms with van der Waals surface area (Å²) in [5, 5.41) is 0. The number of nitrogens with zero attached hydrogens (tertiary/aromatic N) is 1. The van der Waals surface area contributed by atoms with E-state index in [2.05, 4.69) is 4.74 Å². The Labute approximate surface area is 132 Å². The fraction of sp³-hybridized carbons (Fsp3) is 0.500. The van der Waals surface area contributed by atoms with Crippen molar-refractivity contribution >= 4 is 11.9 Å². The Bertz CT molecular complexity index is 559. The van der Waals surface area contributed by atoms with E-state index in [0.717, 1.165) is 12.0 Å². The summed E-state index contributed by atoms with van der Waals surface area (Å²) >= 11 is 0. The normalized spacial score (nSPS) is 21.8. The molecule has 1 aromatic rings. The first-order chi connectivity index (χ1) is 10.8. The highest BCUT2D eigenvalue weighted by molar-refractivity contribution is 6.32. The Morgan fingerprint density at radius 2 is 1.87 bits per heavy atom. The van der Waals surface area contributed by atoms with E-state index in [4.69, 9.17) is 0 Å². The van der Waals surface area contributed by atoms with Gasteiger partial charge in [-0.15, -0.1) is 0 Å². The molecule has 126 valence electrons. The highest BCUT2D eigenvalue weighted by Gasteiger charge is 2.38. The number of likely N-dealkylation sites (tertiary alicyclic amines) is 1. The predicted molar refractivity (Wildman–Crippen MR) is 76.4 cm³/mol. The van der Waals surface area contributed by atoms with Gasteiger partial charge in [-0.1, -0.05) is 30.3 Å². The van der Waals surface area contributed by atoms with E-state index >= 15 is 0 Å². The van der Waals surface area contributed by atoms with Gasteiger partial charge in [-0.05, 0) is 31.7 Å². The summed E-state index contributed by atoms with van der Waals surface area (Å²) < 4.78 is 40.5. The molecule has 2 atom stereocenters. The molecule has 2 unspecified atom stereocenters. The summed E-state index contributed by atoms with van der Waals surface area (Å²) in [4.78, 5) is 25.3. The average Bonchev–Trinajstić information content (AvgIpc) is 2.52. The summed E-state index contributed by atoms with van der Waals surface area (Å²) in [7, 11) is 0. The van der Waals surface area contributed by atoms with Gasteiger partial charge in [-0.2, -0.15) is 13.2 Å². The minimum Gasteiger partial charge on any atom is -0.449 e. The van der Waals surface area contributed by atoms with E-state index in [9.17, 15) is 22.8 Å². The van der Waals surface area contributed by atoms with Gasteiger partial charge in [0.2, 0.25) is 0 Å². The zero-order valence-electron chi connectivity index (χ0n) is 12.7. The molecule has 0 saturated carbocycles. The number of alkyl halides is 3. The van der Waals surface area contributed by atoms with Crippen LogP contribution < -0.4 is 0 Å². The monoisotopic (exact) mass is 329 g/mol. The Morgan fingerprint density at radius 3 is 2.48 bits per heavy atom. The molecule has 2 rings (SSSR count). The number of esters is 1. The molecule has 0 aromatic heterocycles. The third-order valence-electron chi connectivity index (χ3n) is 3.87.